The minimum atomic E-state index is -0.0763. The molecule has 4 aliphatic carbocycles. The van der Waals surface area contributed by atoms with Gasteiger partial charge in [0.2, 0.25) is 0 Å². The fourth-order valence-corrected chi connectivity index (χ4v) is 10.9. The second kappa shape index (κ2) is 13.2. The molecule has 57 heavy (non-hydrogen) atoms. The van der Waals surface area contributed by atoms with E-state index in [4.69, 9.17) is 15.0 Å². The van der Waals surface area contributed by atoms with Gasteiger partial charge in [0.25, 0.3) is 0 Å². The fraction of sp³-hybridized carbons (Fsp3) is 0.204. The molecule has 0 aliphatic heterocycles. The number of allylic oxidation sites excluding steroid dienone is 4. The van der Waals surface area contributed by atoms with Gasteiger partial charge in [-0.25, -0.2) is 15.0 Å². The van der Waals surface area contributed by atoms with Gasteiger partial charge in [-0.2, -0.15) is 0 Å². The van der Waals surface area contributed by atoms with Crippen molar-refractivity contribution in [3.05, 3.63) is 192 Å². The van der Waals surface area contributed by atoms with Crippen molar-refractivity contribution in [1.82, 2.24) is 15.0 Å². The zero-order valence-electron chi connectivity index (χ0n) is 32.6. The molecule has 0 N–H and O–H groups in total. The Labute approximate surface area is 336 Å². The summed E-state index contributed by atoms with van der Waals surface area (Å²) in [5.41, 5.74) is 16.9. The Bertz CT molecular complexity index is 2690. The van der Waals surface area contributed by atoms with Gasteiger partial charge < -0.3 is 0 Å². The van der Waals surface area contributed by atoms with Crippen molar-refractivity contribution >= 4 is 5.57 Å². The van der Waals surface area contributed by atoms with Crippen LogP contribution in [0.25, 0.3) is 62.0 Å². The molecule has 1 saturated carbocycles. The molecule has 4 aliphatic rings. The zero-order chi connectivity index (χ0) is 38.1. The van der Waals surface area contributed by atoms with Gasteiger partial charge in [-0.05, 0) is 86.5 Å². The molecule has 0 bridgehead atoms. The monoisotopic (exact) mass is 735 g/mol. The summed E-state index contributed by atoms with van der Waals surface area (Å²) in [4.78, 5) is 15.0. The fourth-order valence-electron chi connectivity index (χ4n) is 10.9. The van der Waals surface area contributed by atoms with E-state index < -0.39 is 0 Å². The van der Waals surface area contributed by atoms with Gasteiger partial charge >= 0.3 is 0 Å². The van der Waals surface area contributed by atoms with Crippen LogP contribution in [-0.4, -0.2) is 15.0 Å². The Balaban J connectivity index is 1.00. The smallest absolute Gasteiger partial charge is 0.164 e. The number of hydrogen-bond acceptors (Lipinski definition) is 3. The lowest BCUT2D eigenvalue weighted by molar-refractivity contribution is 0.233. The summed E-state index contributed by atoms with van der Waals surface area (Å²) in [5.74, 6) is 2.94. The highest BCUT2D eigenvalue weighted by molar-refractivity contribution is 5.98. The van der Waals surface area contributed by atoms with E-state index >= 15 is 0 Å². The van der Waals surface area contributed by atoms with Crippen LogP contribution >= 0.6 is 0 Å². The molecule has 0 radical (unpaired) electrons. The molecule has 2 unspecified atom stereocenters. The SMILES string of the molecule is CC1(C)C2=CC3c4ccccc4C4(CCCCC4)C3C=C2c2c(-c3cccc(-c4cccc(-c5nc(-c6ccccc6)nc(-c6ccccc6)n5)c4)c3)cccc21. The molecule has 1 aromatic heterocycles. The Morgan fingerprint density at radius 3 is 1.68 bits per heavy atom. The molecule has 0 amide bonds. The van der Waals surface area contributed by atoms with E-state index in [2.05, 4.69) is 141 Å². The highest BCUT2D eigenvalue weighted by Crippen LogP contribution is 2.64. The van der Waals surface area contributed by atoms with Crippen molar-refractivity contribution in [1.29, 1.82) is 0 Å². The summed E-state index contributed by atoms with van der Waals surface area (Å²) in [7, 11) is 0. The normalized spacial score (nSPS) is 19.5. The number of nitrogens with zero attached hydrogens (tertiary/aromatic N) is 3. The van der Waals surface area contributed by atoms with Crippen molar-refractivity contribution in [2.24, 2.45) is 5.92 Å². The van der Waals surface area contributed by atoms with E-state index in [1.54, 1.807) is 11.1 Å². The summed E-state index contributed by atoms with van der Waals surface area (Å²) >= 11 is 0. The molecule has 1 heterocycles. The molecule has 3 heteroatoms. The molecule has 7 aromatic rings. The third-order valence-electron chi connectivity index (χ3n) is 13.6. The maximum atomic E-state index is 5.02. The van der Waals surface area contributed by atoms with Crippen LogP contribution in [0.15, 0.2) is 169 Å². The van der Waals surface area contributed by atoms with Crippen LogP contribution in [0.1, 0.15) is 74.1 Å². The van der Waals surface area contributed by atoms with Gasteiger partial charge in [0, 0.05) is 33.4 Å². The molecule has 1 spiro atoms. The second-order valence-corrected chi connectivity index (χ2v) is 17.1. The average Bonchev–Trinajstić information content (AvgIpc) is 3.67. The van der Waals surface area contributed by atoms with Gasteiger partial charge in [0.05, 0.1) is 0 Å². The summed E-state index contributed by atoms with van der Waals surface area (Å²) in [5, 5.41) is 0. The molecule has 11 rings (SSSR count). The van der Waals surface area contributed by atoms with Crippen LogP contribution in [0.4, 0.5) is 0 Å². The predicted octanol–water partition coefficient (Wildman–Crippen LogP) is 13.4. The van der Waals surface area contributed by atoms with Crippen LogP contribution in [0.5, 0.6) is 0 Å². The van der Waals surface area contributed by atoms with Crippen LogP contribution in [0, 0.1) is 5.92 Å². The molecule has 3 nitrogen and oxygen atoms in total. The zero-order valence-corrected chi connectivity index (χ0v) is 32.6. The number of rotatable bonds is 5. The largest absolute Gasteiger partial charge is 0.208 e. The lowest BCUT2D eigenvalue weighted by atomic mass is 9.62. The minimum absolute atomic E-state index is 0.0763. The maximum Gasteiger partial charge on any atom is 0.164 e. The van der Waals surface area contributed by atoms with Gasteiger partial charge in [0.15, 0.2) is 17.5 Å². The molecule has 6 aromatic carbocycles. The highest BCUT2D eigenvalue weighted by Gasteiger charge is 2.54. The van der Waals surface area contributed by atoms with Crippen molar-refractivity contribution in [3.63, 3.8) is 0 Å². The second-order valence-electron chi connectivity index (χ2n) is 17.1. The van der Waals surface area contributed by atoms with Crippen LogP contribution in [0.2, 0.25) is 0 Å². The van der Waals surface area contributed by atoms with Crippen molar-refractivity contribution < 1.29 is 0 Å². The van der Waals surface area contributed by atoms with Crippen molar-refractivity contribution in [2.45, 2.75) is 62.7 Å². The van der Waals surface area contributed by atoms with E-state index in [0.29, 0.717) is 29.3 Å². The topological polar surface area (TPSA) is 38.7 Å². The third kappa shape index (κ3) is 5.43. The minimum Gasteiger partial charge on any atom is -0.208 e. The van der Waals surface area contributed by atoms with Gasteiger partial charge in [-0.15, -0.1) is 0 Å². The van der Waals surface area contributed by atoms with E-state index in [9.17, 15) is 0 Å². The first-order chi connectivity index (χ1) is 28.0. The Kier molecular flexibility index (Phi) is 7.90. The quantitative estimate of drug-likeness (QED) is 0.177. The lowest BCUT2D eigenvalue weighted by Crippen LogP contribution is -2.35. The van der Waals surface area contributed by atoms with E-state index in [1.165, 1.54) is 71.1 Å². The number of benzene rings is 6. The van der Waals surface area contributed by atoms with Crippen LogP contribution < -0.4 is 0 Å². The standard InChI is InChI=1S/C54H45N3/c1-53(2)46-28-16-26-41(49(46)44-34-48-43(33-47(44)53)42-25-10-11-27-45(42)54(48)29-12-5-13-30-54)39-23-14-21-37(31-39)38-22-15-24-40(32-38)52-56-50(35-17-6-3-7-18-35)55-51(57-52)36-19-8-4-9-20-36/h3-4,6-11,14-28,31-34,43,48H,5,12-13,29-30H2,1-2H3. The Morgan fingerprint density at radius 2 is 1.00 bits per heavy atom. The first-order valence-corrected chi connectivity index (χ1v) is 20.7. The molecule has 0 saturated heterocycles. The lowest BCUT2D eigenvalue weighted by Gasteiger charge is -2.42. The van der Waals surface area contributed by atoms with E-state index in [0.717, 1.165) is 22.3 Å². The summed E-state index contributed by atoms with van der Waals surface area (Å²) in [6.45, 7) is 4.88. The van der Waals surface area contributed by atoms with Crippen LogP contribution in [-0.2, 0) is 10.8 Å². The summed E-state index contributed by atoms with van der Waals surface area (Å²) in [6, 6.07) is 54.6. The molecule has 1 fully saturated rings. The average molecular weight is 736 g/mol. The molecule has 276 valence electrons. The molecular formula is C54H45N3. The first-order valence-electron chi connectivity index (χ1n) is 20.7. The Hall–Kier alpha value is -6.19. The number of hydrogen-bond donors (Lipinski definition) is 0. The van der Waals surface area contributed by atoms with E-state index in [1.807, 2.05) is 36.4 Å². The number of aromatic nitrogens is 3. The number of fused-ring (bicyclic) bond motifs is 8. The van der Waals surface area contributed by atoms with Gasteiger partial charge in [0.1, 0.15) is 0 Å². The first kappa shape index (κ1) is 34.1. The summed E-state index contributed by atoms with van der Waals surface area (Å²) in [6.07, 6.45) is 12.0. The molecular weight excluding hydrogens is 691 g/mol. The maximum absolute atomic E-state index is 5.02. The molecule has 2 atom stereocenters. The van der Waals surface area contributed by atoms with Crippen LogP contribution in [0.3, 0.4) is 0 Å². The highest BCUT2D eigenvalue weighted by atomic mass is 15.0. The van der Waals surface area contributed by atoms with Gasteiger partial charge in [-0.3, -0.25) is 0 Å². The summed E-state index contributed by atoms with van der Waals surface area (Å²) < 4.78 is 0. The van der Waals surface area contributed by atoms with E-state index in [-0.39, 0.29) is 10.8 Å². The van der Waals surface area contributed by atoms with Crippen molar-refractivity contribution in [3.8, 4) is 56.4 Å². The Morgan fingerprint density at radius 1 is 0.474 bits per heavy atom. The third-order valence-corrected chi connectivity index (χ3v) is 13.6. The predicted molar refractivity (Wildman–Crippen MR) is 234 cm³/mol. The van der Waals surface area contributed by atoms with Gasteiger partial charge in [-0.1, -0.05) is 185 Å². The van der Waals surface area contributed by atoms with Crippen molar-refractivity contribution in [2.75, 3.05) is 0 Å².